The number of aryl methyl sites for hydroxylation is 3. The van der Waals surface area contributed by atoms with Gasteiger partial charge in [-0.15, -0.1) is 0 Å². The molecule has 1 aromatic heterocycles. The van der Waals surface area contributed by atoms with E-state index in [2.05, 4.69) is 15.6 Å². The van der Waals surface area contributed by atoms with Crippen molar-refractivity contribution in [2.75, 3.05) is 0 Å². The lowest BCUT2D eigenvalue weighted by molar-refractivity contribution is -0.128. The summed E-state index contributed by atoms with van der Waals surface area (Å²) in [6.07, 6.45) is 3.82. The lowest BCUT2D eigenvalue weighted by Gasteiger charge is -2.24. The van der Waals surface area contributed by atoms with Crippen LogP contribution in [0.25, 0.3) is 0 Å². The minimum Gasteiger partial charge on any atom is -0.444 e. The largest absolute Gasteiger partial charge is 0.444 e. The van der Waals surface area contributed by atoms with Crippen molar-refractivity contribution in [1.29, 1.82) is 0 Å². The number of nitrogens with zero attached hydrogens (tertiary/aromatic N) is 1. The molecule has 184 valence electrons. The van der Waals surface area contributed by atoms with Gasteiger partial charge in [-0.05, 0) is 70.6 Å². The van der Waals surface area contributed by atoms with Gasteiger partial charge in [-0.25, -0.2) is 4.79 Å². The number of carbonyl (C=O) groups is 3. The molecule has 0 saturated heterocycles. The number of rotatable bonds is 11. The minimum absolute atomic E-state index is 0.0769. The van der Waals surface area contributed by atoms with Crippen molar-refractivity contribution < 1.29 is 19.1 Å². The summed E-state index contributed by atoms with van der Waals surface area (Å²) in [5.41, 5.74) is 2.36. The summed E-state index contributed by atoms with van der Waals surface area (Å²) in [6, 6.07) is 12.2. The van der Waals surface area contributed by atoms with Crippen molar-refractivity contribution in [3.63, 3.8) is 0 Å². The van der Waals surface area contributed by atoms with Gasteiger partial charge in [0.05, 0.1) is 6.04 Å². The second-order valence-electron chi connectivity index (χ2n) is 9.43. The van der Waals surface area contributed by atoms with Gasteiger partial charge < -0.3 is 15.4 Å². The third-order valence-electron chi connectivity index (χ3n) is 5.32. The first kappa shape index (κ1) is 27.0. The number of carbonyl (C=O) groups excluding carboxylic acids is 3. The average Bonchev–Trinajstić information content (AvgIpc) is 2.79. The summed E-state index contributed by atoms with van der Waals surface area (Å²) in [4.78, 5) is 42.3. The predicted octanol–water partition coefficient (Wildman–Crippen LogP) is 4.18. The molecule has 0 unspecified atom stereocenters. The Morgan fingerprint density at radius 2 is 1.68 bits per heavy atom. The Bertz CT molecular complexity index is 937. The standard InChI is InChI=1S/C27H37N3O4/c1-6-22-15-12-21(18-28-22)14-17-24(31)19(2)29-25(32)23(30-26(33)34-27(3,4)5)16-13-20-10-8-7-9-11-20/h7-12,15,18-19,23H,6,13-14,16-17H2,1-5H3,(H,29,32)(H,30,33)/t19-,23+/m0/s1. The smallest absolute Gasteiger partial charge is 0.408 e. The molecule has 7 heteroatoms. The summed E-state index contributed by atoms with van der Waals surface area (Å²) in [6.45, 7) is 8.99. The van der Waals surface area contributed by atoms with E-state index in [0.717, 1.165) is 23.2 Å². The molecule has 0 saturated carbocycles. The van der Waals surface area contributed by atoms with Crippen LogP contribution in [-0.2, 0) is 33.6 Å². The summed E-state index contributed by atoms with van der Waals surface area (Å²) in [5, 5.41) is 5.43. The van der Waals surface area contributed by atoms with Crippen molar-refractivity contribution in [2.24, 2.45) is 0 Å². The quantitative estimate of drug-likeness (QED) is 0.517. The van der Waals surface area contributed by atoms with Crippen LogP contribution in [0.5, 0.6) is 0 Å². The lowest BCUT2D eigenvalue weighted by atomic mass is 10.0. The Morgan fingerprint density at radius 1 is 0.971 bits per heavy atom. The van der Waals surface area contributed by atoms with Gasteiger partial charge in [0, 0.05) is 18.3 Å². The Kier molecular flexibility index (Phi) is 10.2. The summed E-state index contributed by atoms with van der Waals surface area (Å²) in [5.74, 6) is -0.483. The number of hydrogen-bond acceptors (Lipinski definition) is 5. The maximum atomic E-state index is 13.0. The van der Waals surface area contributed by atoms with E-state index in [0.29, 0.717) is 25.7 Å². The highest BCUT2D eigenvalue weighted by molar-refractivity contribution is 5.92. The van der Waals surface area contributed by atoms with Crippen LogP contribution < -0.4 is 10.6 Å². The number of Topliss-reactive ketones (excluding diaryl/α,β-unsaturated/α-hetero) is 1. The number of ketones is 1. The van der Waals surface area contributed by atoms with Crippen molar-refractivity contribution in [1.82, 2.24) is 15.6 Å². The van der Waals surface area contributed by atoms with Crippen LogP contribution in [0.15, 0.2) is 48.7 Å². The first-order valence-corrected chi connectivity index (χ1v) is 11.9. The van der Waals surface area contributed by atoms with Crippen molar-refractivity contribution >= 4 is 17.8 Å². The molecule has 2 aromatic rings. The molecule has 0 aliphatic rings. The summed E-state index contributed by atoms with van der Waals surface area (Å²) >= 11 is 0. The number of ether oxygens (including phenoxy) is 1. The fourth-order valence-electron chi connectivity index (χ4n) is 3.36. The van der Waals surface area contributed by atoms with Crippen molar-refractivity contribution in [3.05, 3.63) is 65.5 Å². The summed E-state index contributed by atoms with van der Waals surface area (Å²) < 4.78 is 5.32. The number of amides is 2. The molecule has 0 bridgehead atoms. The van der Waals surface area contributed by atoms with Crippen LogP contribution in [0.4, 0.5) is 4.79 Å². The fraction of sp³-hybridized carbons (Fsp3) is 0.481. The Hall–Kier alpha value is -3.22. The van der Waals surface area contributed by atoms with E-state index < -0.39 is 29.7 Å². The highest BCUT2D eigenvalue weighted by Crippen LogP contribution is 2.10. The van der Waals surface area contributed by atoms with Gasteiger partial charge in [0.2, 0.25) is 5.91 Å². The topological polar surface area (TPSA) is 97.4 Å². The van der Waals surface area contributed by atoms with Crippen LogP contribution in [0.3, 0.4) is 0 Å². The fourth-order valence-corrected chi connectivity index (χ4v) is 3.36. The van der Waals surface area contributed by atoms with Crippen LogP contribution in [0.1, 0.15) is 64.3 Å². The molecular formula is C27H37N3O4. The molecule has 7 nitrogen and oxygen atoms in total. The van der Waals surface area contributed by atoms with Crippen LogP contribution in [0.2, 0.25) is 0 Å². The molecule has 0 fully saturated rings. The zero-order valence-corrected chi connectivity index (χ0v) is 20.9. The molecule has 0 aliphatic heterocycles. The van der Waals surface area contributed by atoms with Crippen LogP contribution in [0, 0.1) is 0 Å². The first-order valence-electron chi connectivity index (χ1n) is 11.9. The summed E-state index contributed by atoms with van der Waals surface area (Å²) in [7, 11) is 0. The normalized spacial score (nSPS) is 13.0. The zero-order valence-electron chi connectivity index (χ0n) is 20.9. The van der Waals surface area contributed by atoms with E-state index in [-0.39, 0.29) is 5.78 Å². The van der Waals surface area contributed by atoms with E-state index >= 15 is 0 Å². The second kappa shape index (κ2) is 12.9. The first-order chi connectivity index (χ1) is 16.1. The highest BCUT2D eigenvalue weighted by atomic mass is 16.6. The maximum absolute atomic E-state index is 13.0. The molecule has 1 heterocycles. The van der Waals surface area contributed by atoms with Gasteiger partial charge in [-0.2, -0.15) is 0 Å². The van der Waals surface area contributed by atoms with E-state index in [1.165, 1.54) is 0 Å². The number of alkyl carbamates (subject to hydrolysis) is 1. The SMILES string of the molecule is CCc1ccc(CCC(=O)[C@H](C)NC(=O)[C@@H](CCc2ccccc2)NC(=O)OC(C)(C)C)cn1. The van der Waals surface area contributed by atoms with Crippen LogP contribution in [-0.4, -0.2) is 40.5 Å². The van der Waals surface area contributed by atoms with Gasteiger partial charge in [0.25, 0.3) is 0 Å². The Morgan fingerprint density at radius 3 is 2.26 bits per heavy atom. The van der Waals surface area contributed by atoms with E-state index in [9.17, 15) is 14.4 Å². The third-order valence-corrected chi connectivity index (χ3v) is 5.32. The van der Waals surface area contributed by atoms with E-state index in [1.807, 2.05) is 49.4 Å². The zero-order chi connectivity index (χ0) is 25.1. The molecule has 2 amide bonds. The van der Waals surface area contributed by atoms with E-state index in [4.69, 9.17) is 4.74 Å². The number of nitrogens with one attached hydrogen (secondary N) is 2. The number of pyridine rings is 1. The van der Waals surface area contributed by atoms with Crippen molar-refractivity contribution in [2.45, 2.75) is 84.4 Å². The van der Waals surface area contributed by atoms with Gasteiger partial charge in [0.15, 0.2) is 5.78 Å². The predicted molar refractivity (Wildman–Crippen MR) is 132 cm³/mol. The molecule has 0 radical (unpaired) electrons. The average molecular weight is 468 g/mol. The van der Waals surface area contributed by atoms with Gasteiger partial charge >= 0.3 is 6.09 Å². The Balaban J connectivity index is 1.95. The lowest BCUT2D eigenvalue weighted by Crippen LogP contribution is -2.51. The third kappa shape index (κ3) is 9.73. The molecular weight excluding hydrogens is 430 g/mol. The number of benzene rings is 1. The van der Waals surface area contributed by atoms with Gasteiger partial charge in [-0.3, -0.25) is 14.6 Å². The molecule has 0 spiro atoms. The van der Waals surface area contributed by atoms with Crippen molar-refractivity contribution in [3.8, 4) is 0 Å². The molecule has 0 aliphatic carbocycles. The maximum Gasteiger partial charge on any atom is 0.408 e. The van der Waals surface area contributed by atoms with Gasteiger partial charge in [-0.1, -0.05) is 43.3 Å². The molecule has 1 aromatic carbocycles. The second-order valence-corrected chi connectivity index (χ2v) is 9.43. The molecule has 2 N–H and O–H groups in total. The molecule has 2 rings (SSSR count). The van der Waals surface area contributed by atoms with Crippen LogP contribution >= 0.6 is 0 Å². The van der Waals surface area contributed by atoms with E-state index in [1.54, 1.807) is 33.9 Å². The number of aromatic nitrogens is 1. The van der Waals surface area contributed by atoms with Gasteiger partial charge in [0.1, 0.15) is 11.6 Å². The highest BCUT2D eigenvalue weighted by Gasteiger charge is 2.26. The molecule has 34 heavy (non-hydrogen) atoms. The molecule has 2 atom stereocenters. The number of hydrogen-bond donors (Lipinski definition) is 2. The monoisotopic (exact) mass is 467 g/mol. The minimum atomic E-state index is -0.823. The Labute approximate surface area is 202 Å².